The van der Waals surface area contributed by atoms with Crippen LogP contribution in [0, 0.1) is 0 Å². The topological polar surface area (TPSA) is 96.4 Å². The van der Waals surface area contributed by atoms with Gasteiger partial charge in [-0.05, 0) is 76.6 Å². The van der Waals surface area contributed by atoms with Gasteiger partial charge in [0, 0.05) is 80.6 Å². The Hall–Kier alpha value is -2.25. The maximum atomic E-state index is 9.73. The van der Waals surface area contributed by atoms with E-state index >= 15 is 0 Å². The summed E-state index contributed by atoms with van der Waals surface area (Å²) in [6.45, 7) is 7.50. The summed E-state index contributed by atoms with van der Waals surface area (Å²) in [4.78, 5) is 4.17. The second kappa shape index (κ2) is 19.0. The minimum atomic E-state index is 0. The fourth-order valence-electron chi connectivity index (χ4n) is 4.20. The van der Waals surface area contributed by atoms with Crippen molar-refractivity contribution in [1.29, 1.82) is 0 Å². The van der Waals surface area contributed by atoms with Gasteiger partial charge in [0.25, 0.3) is 0 Å². The van der Waals surface area contributed by atoms with Crippen molar-refractivity contribution in [2.24, 2.45) is 20.4 Å². The van der Waals surface area contributed by atoms with Crippen molar-refractivity contribution in [2.45, 2.75) is 52.4 Å². The molecule has 2 N–H and O–H groups in total. The molecule has 8 nitrogen and oxygen atoms in total. The first-order chi connectivity index (χ1) is 18.4. The van der Waals surface area contributed by atoms with Crippen LogP contribution in [0.4, 0.5) is 0 Å². The van der Waals surface area contributed by atoms with Crippen molar-refractivity contribution in [3.8, 4) is 11.5 Å². The molecule has 4 rings (SSSR count). The number of hydrogen-bond acceptors (Lipinski definition) is 8. The van der Waals surface area contributed by atoms with Gasteiger partial charge < -0.3 is 45.3 Å². The van der Waals surface area contributed by atoms with Crippen LogP contribution in [0.5, 0.6) is 11.5 Å². The first-order valence-corrected chi connectivity index (χ1v) is 13.8. The van der Waals surface area contributed by atoms with Gasteiger partial charge in [-0.15, -0.1) is 0 Å². The van der Waals surface area contributed by atoms with Crippen LogP contribution in [0.3, 0.4) is 0 Å². The third-order valence-electron chi connectivity index (χ3n) is 6.41. The molecule has 2 aromatic rings. The first-order valence-electron chi connectivity index (χ1n) is 13.0. The first kappa shape index (κ1) is 35.8. The minimum absolute atomic E-state index is 0. The van der Waals surface area contributed by atoms with Gasteiger partial charge in [-0.3, -0.25) is 0 Å². The smallest absolute Gasteiger partial charge is 0.124 e. The molecule has 0 unspecified atom stereocenters. The Morgan fingerprint density at radius 2 is 0.900 bits per heavy atom. The summed E-state index contributed by atoms with van der Waals surface area (Å²) in [6.07, 6.45) is 7.18. The Morgan fingerprint density at radius 1 is 0.575 bits per heavy atom. The van der Waals surface area contributed by atoms with Gasteiger partial charge >= 0.3 is 0 Å². The number of benzene rings is 2. The zero-order valence-electron chi connectivity index (χ0n) is 22.7. The number of para-hydroxylation sites is 2. The molecule has 2 saturated heterocycles. The van der Waals surface area contributed by atoms with Crippen LogP contribution in [-0.4, -0.2) is 68.0 Å². The largest absolute Gasteiger partial charge is 0.741 e. The van der Waals surface area contributed by atoms with E-state index in [2.05, 4.69) is 30.2 Å². The van der Waals surface area contributed by atoms with Gasteiger partial charge in [-0.2, -0.15) is 20.4 Å². The van der Waals surface area contributed by atoms with Crippen molar-refractivity contribution in [3.05, 3.63) is 59.7 Å². The molecule has 0 bridgehead atoms. The van der Waals surface area contributed by atoms with E-state index in [1.165, 1.54) is 12.8 Å². The zero-order chi connectivity index (χ0) is 27.3. The van der Waals surface area contributed by atoms with Gasteiger partial charge in [0.05, 0.1) is 11.4 Å². The number of amidine groups is 2. The predicted molar refractivity (Wildman–Crippen MR) is 161 cm³/mol. The maximum absolute atomic E-state index is 9.73. The van der Waals surface area contributed by atoms with Gasteiger partial charge in [-0.25, -0.2) is 0 Å². The fourth-order valence-corrected chi connectivity index (χ4v) is 4.65. The van der Waals surface area contributed by atoms with Crippen LogP contribution in [0.25, 0.3) is 0 Å². The monoisotopic (exact) mass is 668 g/mol. The Bertz CT molecular complexity index is 1090. The summed E-state index contributed by atoms with van der Waals surface area (Å²) in [7, 11) is 0. The normalized spacial score (nSPS) is 16.8. The van der Waals surface area contributed by atoms with E-state index in [0.717, 1.165) is 51.9 Å². The van der Waals surface area contributed by atoms with E-state index in [1.54, 1.807) is 24.3 Å². The molecule has 0 aliphatic carbocycles. The number of likely N-dealkylation sites (tertiary alicyclic amines) is 2. The third kappa shape index (κ3) is 11.3. The molecule has 0 atom stereocenters. The number of phenolic OH excluding ortho intramolecular Hbond substituents is 2. The molecule has 2 aromatic carbocycles. The molecule has 0 spiro atoms. The van der Waals surface area contributed by atoms with Gasteiger partial charge in [0.15, 0.2) is 0 Å². The Kier molecular flexibility index (Phi) is 17.0. The molecular formula is C28H36N6Ni2O2S2-2. The molecule has 2 fully saturated rings. The van der Waals surface area contributed by atoms with Crippen molar-refractivity contribution in [3.63, 3.8) is 0 Å². The molecule has 0 amide bonds. The number of rotatable bonds is 4. The second-order valence-corrected chi connectivity index (χ2v) is 10.00. The Morgan fingerprint density at radius 3 is 1.23 bits per heavy atom. The van der Waals surface area contributed by atoms with Gasteiger partial charge in [0.1, 0.15) is 11.5 Å². The van der Waals surface area contributed by atoms with Crippen LogP contribution in [0.15, 0.2) is 68.9 Å². The number of aromatic hydroxyl groups is 2. The summed E-state index contributed by atoms with van der Waals surface area (Å²) in [6, 6.07) is 14.2. The van der Waals surface area contributed by atoms with E-state index in [9.17, 15) is 10.2 Å². The summed E-state index contributed by atoms with van der Waals surface area (Å²) < 4.78 is 0. The van der Waals surface area contributed by atoms with E-state index in [-0.39, 0.29) is 44.5 Å². The fraction of sp³-hybridized carbons (Fsp3) is 0.429. The Labute approximate surface area is 268 Å². The maximum Gasteiger partial charge on any atom is 0.124 e. The summed E-state index contributed by atoms with van der Waals surface area (Å²) in [5.74, 6) is 0.422. The molecule has 0 aromatic heterocycles. The molecule has 12 heteroatoms. The van der Waals surface area contributed by atoms with Crippen molar-refractivity contribution in [2.75, 3.05) is 26.2 Å². The van der Waals surface area contributed by atoms with E-state index < -0.39 is 0 Å². The summed E-state index contributed by atoms with van der Waals surface area (Å²) in [5.41, 5.74) is 2.70. The summed E-state index contributed by atoms with van der Waals surface area (Å²) in [5, 5.41) is 37.0. The van der Waals surface area contributed by atoms with Crippen LogP contribution < -0.4 is 0 Å². The zero-order valence-corrected chi connectivity index (χ0v) is 26.3. The standard InChI is InChI=1S/2C14H19N3OS.2Ni/c2*1-11(12-7-3-4-8-13(12)18)15-16-14(19)17-9-5-2-6-10-17;;/h2*3-4,7-8,18H,2,5-6,9-10H2,1H3,(H,16,19);;/p-2/b2*15-11+;;. The number of nitrogens with zero attached hydrogens (tertiary/aromatic N) is 6. The Balaban J connectivity index is 0.000000381. The second-order valence-electron chi connectivity index (χ2n) is 9.27. The predicted octanol–water partition coefficient (Wildman–Crippen LogP) is 5.01. The van der Waals surface area contributed by atoms with E-state index in [0.29, 0.717) is 32.9 Å². The molecular weight excluding hydrogens is 634 g/mol. The van der Waals surface area contributed by atoms with E-state index in [1.807, 2.05) is 38.1 Å². The van der Waals surface area contributed by atoms with Crippen molar-refractivity contribution < 1.29 is 43.2 Å². The average molecular weight is 670 g/mol. The molecule has 0 radical (unpaired) electrons. The van der Waals surface area contributed by atoms with Crippen LogP contribution in [-0.2, 0) is 58.2 Å². The minimum Gasteiger partial charge on any atom is -0.741 e. The molecule has 2 aliphatic heterocycles. The number of hydrogen-bond donors (Lipinski definition) is 2. The summed E-state index contributed by atoms with van der Waals surface area (Å²) >= 11 is 10.5. The van der Waals surface area contributed by atoms with E-state index in [4.69, 9.17) is 25.3 Å². The molecule has 2 aliphatic rings. The van der Waals surface area contributed by atoms with Crippen LogP contribution in [0.1, 0.15) is 63.5 Å². The molecule has 224 valence electrons. The number of phenols is 2. The molecule has 2 heterocycles. The molecule has 0 saturated carbocycles. The molecule has 40 heavy (non-hydrogen) atoms. The van der Waals surface area contributed by atoms with Crippen LogP contribution >= 0.6 is 0 Å². The number of piperidine rings is 2. The van der Waals surface area contributed by atoms with Crippen molar-refractivity contribution in [1.82, 2.24) is 9.80 Å². The quantitative estimate of drug-likeness (QED) is 0.156. The van der Waals surface area contributed by atoms with Gasteiger partial charge in [0.2, 0.25) is 0 Å². The average Bonchev–Trinajstić information content (AvgIpc) is 2.96. The van der Waals surface area contributed by atoms with Gasteiger partial charge in [-0.1, -0.05) is 24.3 Å². The van der Waals surface area contributed by atoms with Crippen LogP contribution in [0.2, 0.25) is 0 Å². The third-order valence-corrected chi connectivity index (χ3v) is 7.09. The SMILES string of the molecule is C/C(=N\N=C(/[S-])N1CCCCC1)c1ccccc1O.C/C(=N\N=C(/[S-])N1CCCCC1)c1ccccc1O.[Ni].[Ni]. The van der Waals surface area contributed by atoms with Crippen molar-refractivity contribution >= 4 is 47.0 Å².